The third-order valence-corrected chi connectivity index (χ3v) is 2.40. The van der Waals surface area contributed by atoms with Gasteiger partial charge in [-0.25, -0.2) is 0 Å². The molecule has 0 spiro atoms. The number of aliphatic carboxylic acids is 1. The molecule has 0 saturated heterocycles. The molecule has 0 radical (unpaired) electrons. The van der Waals surface area contributed by atoms with E-state index in [1.54, 1.807) is 6.92 Å². The van der Waals surface area contributed by atoms with Crippen molar-refractivity contribution in [3.63, 3.8) is 0 Å². The van der Waals surface area contributed by atoms with Crippen LogP contribution in [0.5, 0.6) is 0 Å². The van der Waals surface area contributed by atoms with Gasteiger partial charge in [0.2, 0.25) is 5.91 Å². The summed E-state index contributed by atoms with van der Waals surface area (Å²) in [7, 11) is 0. The molecule has 0 aromatic rings. The Labute approximate surface area is 96.4 Å². The molecule has 0 aromatic heterocycles. The van der Waals surface area contributed by atoms with Gasteiger partial charge < -0.3 is 16.2 Å². The highest BCUT2D eigenvalue weighted by molar-refractivity contribution is 5.82. The van der Waals surface area contributed by atoms with Crippen LogP contribution < -0.4 is 11.1 Å². The molecule has 0 aliphatic carbocycles. The van der Waals surface area contributed by atoms with Gasteiger partial charge in [0.1, 0.15) is 0 Å². The number of nitrogens with one attached hydrogen (secondary N) is 1. The molecule has 16 heavy (non-hydrogen) atoms. The van der Waals surface area contributed by atoms with Crippen LogP contribution in [-0.4, -0.2) is 29.1 Å². The van der Waals surface area contributed by atoms with Crippen molar-refractivity contribution >= 4 is 11.9 Å². The quantitative estimate of drug-likeness (QED) is 0.649. The van der Waals surface area contributed by atoms with E-state index in [1.165, 1.54) is 0 Å². The fourth-order valence-electron chi connectivity index (χ4n) is 1.14. The molecule has 5 heteroatoms. The predicted octanol–water partition coefficient (Wildman–Crippen LogP) is 0.729. The monoisotopic (exact) mass is 230 g/mol. The van der Waals surface area contributed by atoms with E-state index in [-0.39, 0.29) is 23.8 Å². The summed E-state index contributed by atoms with van der Waals surface area (Å²) >= 11 is 0. The first-order valence-corrected chi connectivity index (χ1v) is 5.42. The van der Waals surface area contributed by atoms with Gasteiger partial charge in [0.05, 0.1) is 6.04 Å². The average molecular weight is 230 g/mol. The number of hydrogen-bond acceptors (Lipinski definition) is 3. The molecular weight excluding hydrogens is 208 g/mol. The highest BCUT2D eigenvalue weighted by Gasteiger charge is 2.28. The van der Waals surface area contributed by atoms with Gasteiger partial charge in [-0.3, -0.25) is 9.59 Å². The van der Waals surface area contributed by atoms with Gasteiger partial charge >= 0.3 is 5.97 Å². The van der Waals surface area contributed by atoms with E-state index in [2.05, 4.69) is 5.32 Å². The van der Waals surface area contributed by atoms with E-state index in [4.69, 9.17) is 10.8 Å². The molecular formula is C11H22N2O3. The predicted molar refractivity (Wildman–Crippen MR) is 61.9 cm³/mol. The summed E-state index contributed by atoms with van der Waals surface area (Å²) < 4.78 is 0. The lowest BCUT2D eigenvalue weighted by molar-refractivity contribution is -0.137. The number of amides is 1. The molecule has 0 rings (SSSR count). The SMILES string of the molecule is CC(CCC(=O)O)NC(=O)[C@@H](N)C(C)(C)C. The minimum Gasteiger partial charge on any atom is -0.481 e. The molecule has 94 valence electrons. The van der Waals surface area contributed by atoms with Crippen LogP contribution in [0, 0.1) is 5.41 Å². The van der Waals surface area contributed by atoms with Crippen LogP contribution >= 0.6 is 0 Å². The number of carboxylic acid groups (broad SMARTS) is 1. The molecule has 0 aliphatic rings. The second-order valence-electron chi connectivity index (χ2n) is 5.19. The number of carboxylic acids is 1. The van der Waals surface area contributed by atoms with Gasteiger partial charge in [-0.15, -0.1) is 0 Å². The van der Waals surface area contributed by atoms with Crippen molar-refractivity contribution in [2.75, 3.05) is 0 Å². The van der Waals surface area contributed by atoms with Crippen molar-refractivity contribution in [1.82, 2.24) is 5.32 Å². The first-order valence-electron chi connectivity index (χ1n) is 5.42. The number of nitrogens with two attached hydrogens (primary N) is 1. The zero-order chi connectivity index (χ0) is 12.9. The fourth-order valence-corrected chi connectivity index (χ4v) is 1.14. The van der Waals surface area contributed by atoms with Gasteiger partial charge in [0.25, 0.3) is 0 Å². The summed E-state index contributed by atoms with van der Waals surface area (Å²) in [6, 6.07) is -0.753. The Morgan fingerprint density at radius 1 is 1.38 bits per heavy atom. The third-order valence-electron chi connectivity index (χ3n) is 2.40. The van der Waals surface area contributed by atoms with E-state index >= 15 is 0 Å². The number of hydrogen-bond donors (Lipinski definition) is 3. The van der Waals surface area contributed by atoms with Crippen molar-refractivity contribution in [1.29, 1.82) is 0 Å². The van der Waals surface area contributed by atoms with Crippen LogP contribution in [-0.2, 0) is 9.59 Å². The van der Waals surface area contributed by atoms with Crippen molar-refractivity contribution in [2.24, 2.45) is 11.1 Å². The summed E-state index contributed by atoms with van der Waals surface area (Å²) in [4.78, 5) is 22.0. The van der Waals surface area contributed by atoms with E-state index in [1.807, 2.05) is 20.8 Å². The van der Waals surface area contributed by atoms with E-state index in [9.17, 15) is 9.59 Å². The standard InChI is InChI=1S/C11H22N2O3/c1-7(5-6-8(14)15)13-10(16)9(12)11(2,3)4/h7,9H,5-6,12H2,1-4H3,(H,13,16)(H,14,15)/t7?,9-/m1/s1. The lowest BCUT2D eigenvalue weighted by Crippen LogP contribution is -2.50. The van der Waals surface area contributed by atoms with Crippen molar-refractivity contribution in [3.05, 3.63) is 0 Å². The van der Waals surface area contributed by atoms with Gasteiger partial charge in [-0.2, -0.15) is 0 Å². The minimum absolute atomic E-state index is 0.0478. The third kappa shape index (κ3) is 5.70. The van der Waals surface area contributed by atoms with Crippen molar-refractivity contribution < 1.29 is 14.7 Å². The summed E-state index contributed by atoms with van der Waals surface area (Å²) in [6.07, 6.45) is 0.462. The summed E-state index contributed by atoms with van der Waals surface area (Å²) in [5, 5.41) is 11.2. The van der Waals surface area contributed by atoms with E-state index in [0.717, 1.165) is 0 Å². The summed E-state index contributed by atoms with van der Waals surface area (Å²) in [6.45, 7) is 7.44. The number of rotatable bonds is 5. The molecule has 0 bridgehead atoms. The van der Waals surface area contributed by atoms with E-state index < -0.39 is 12.0 Å². The van der Waals surface area contributed by atoms with Gasteiger partial charge in [0.15, 0.2) is 0 Å². The van der Waals surface area contributed by atoms with Crippen LogP contribution in [0.3, 0.4) is 0 Å². The minimum atomic E-state index is -0.860. The maximum Gasteiger partial charge on any atom is 0.303 e. The zero-order valence-electron chi connectivity index (χ0n) is 10.4. The molecule has 1 amide bonds. The Morgan fingerprint density at radius 2 is 1.88 bits per heavy atom. The molecule has 0 aromatic carbocycles. The van der Waals surface area contributed by atoms with Crippen LogP contribution in [0.4, 0.5) is 0 Å². The Hall–Kier alpha value is -1.10. The van der Waals surface area contributed by atoms with Crippen LogP contribution in [0.2, 0.25) is 0 Å². The Bertz CT molecular complexity index is 258. The topological polar surface area (TPSA) is 92.4 Å². The zero-order valence-corrected chi connectivity index (χ0v) is 10.4. The fraction of sp³-hybridized carbons (Fsp3) is 0.818. The van der Waals surface area contributed by atoms with Gasteiger partial charge in [-0.05, 0) is 18.8 Å². The maximum absolute atomic E-state index is 11.7. The molecule has 0 heterocycles. The number of carbonyl (C=O) groups is 2. The van der Waals surface area contributed by atoms with Crippen LogP contribution in [0.25, 0.3) is 0 Å². The second kappa shape index (κ2) is 5.84. The Balaban J connectivity index is 4.09. The van der Waals surface area contributed by atoms with Gasteiger partial charge in [-0.1, -0.05) is 20.8 Å². The Morgan fingerprint density at radius 3 is 2.25 bits per heavy atom. The van der Waals surface area contributed by atoms with Crippen molar-refractivity contribution in [2.45, 2.75) is 52.6 Å². The molecule has 0 aliphatic heterocycles. The molecule has 1 unspecified atom stereocenters. The number of carbonyl (C=O) groups excluding carboxylic acids is 1. The Kier molecular flexibility index (Phi) is 5.44. The lowest BCUT2D eigenvalue weighted by atomic mass is 9.87. The molecule has 2 atom stereocenters. The lowest BCUT2D eigenvalue weighted by Gasteiger charge is -2.27. The van der Waals surface area contributed by atoms with E-state index in [0.29, 0.717) is 6.42 Å². The summed E-state index contributed by atoms with van der Waals surface area (Å²) in [5.41, 5.74) is 5.48. The summed E-state index contributed by atoms with van der Waals surface area (Å²) in [5.74, 6) is -1.09. The highest BCUT2D eigenvalue weighted by atomic mass is 16.4. The molecule has 5 nitrogen and oxygen atoms in total. The second-order valence-corrected chi connectivity index (χ2v) is 5.19. The maximum atomic E-state index is 11.7. The largest absolute Gasteiger partial charge is 0.481 e. The normalized spacial score (nSPS) is 15.3. The van der Waals surface area contributed by atoms with Gasteiger partial charge in [0, 0.05) is 12.5 Å². The first-order chi connectivity index (χ1) is 7.14. The van der Waals surface area contributed by atoms with Crippen LogP contribution in [0.1, 0.15) is 40.5 Å². The average Bonchev–Trinajstić information content (AvgIpc) is 2.11. The molecule has 0 saturated carbocycles. The van der Waals surface area contributed by atoms with Crippen molar-refractivity contribution in [3.8, 4) is 0 Å². The smallest absolute Gasteiger partial charge is 0.303 e. The molecule has 0 fully saturated rings. The first kappa shape index (κ1) is 14.9. The van der Waals surface area contributed by atoms with Crippen LogP contribution in [0.15, 0.2) is 0 Å². The highest BCUT2D eigenvalue weighted by Crippen LogP contribution is 2.17. The molecule has 4 N–H and O–H groups in total.